The maximum atomic E-state index is 11.5. The summed E-state index contributed by atoms with van der Waals surface area (Å²) >= 11 is 0. The van der Waals surface area contributed by atoms with Crippen LogP contribution in [0, 0.1) is 6.92 Å². The van der Waals surface area contributed by atoms with Crippen LogP contribution in [0.2, 0.25) is 0 Å². The standard InChI is InChI=1S/C13H17NO4/c1-8-5-10-11(18-7-17-10)6-9(8)13(2,3-4-14)12(15)16/h5-6H,3-4,7,14H2,1-2H3,(H,15,16). The number of ether oxygens (including phenoxy) is 2. The number of rotatable bonds is 4. The first-order valence-electron chi connectivity index (χ1n) is 5.83. The van der Waals surface area contributed by atoms with Crippen LogP contribution in [0.5, 0.6) is 11.5 Å². The van der Waals surface area contributed by atoms with E-state index in [1.807, 2.05) is 13.0 Å². The molecule has 98 valence electrons. The molecule has 5 nitrogen and oxygen atoms in total. The molecule has 0 saturated heterocycles. The molecular weight excluding hydrogens is 234 g/mol. The fourth-order valence-electron chi connectivity index (χ4n) is 2.28. The van der Waals surface area contributed by atoms with E-state index in [0.29, 0.717) is 24.5 Å². The summed E-state index contributed by atoms with van der Waals surface area (Å²) in [5, 5.41) is 9.46. The molecule has 0 aliphatic carbocycles. The minimum atomic E-state index is -1.00. The maximum absolute atomic E-state index is 11.5. The van der Waals surface area contributed by atoms with Gasteiger partial charge in [-0.2, -0.15) is 0 Å². The SMILES string of the molecule is Cc1cc2c(cc1C(C)(CCN)C(=O)O)OCO2. The molecule has 1 unspecified atom stereocenters. The van der Waals surface area contributed by atoms with Gasteiger partial charge in [0.1, 0.15) is 0 Å². The third-order valence-electron chi connectivity index (χ3n) is 3.43. The number of hydrogen-bond acceptors (Lipinski definition) is 4. The molecule has 0 bridgehead atoms. The topological polar surface area (TPSA) is 81.8 Å². The number of nitrogens with two attached hydrogens (primary N) is 1. The Balaban J connectivity index is 2.52. The van der Waals surface area contributed by atoms with Gasteiger partial charge in [0.25, 0.3) is 0 Å². The largest absolute Gasteiger partial charge is 0.481 e. The Morgan fingerprint density at radius 1 is 1.44 bits per heavy atom. The first-order valence-corrected chi connectivity index (χ1v) is 5.83. The first kappa shape index (κ1) is 12.7. The van der Waals surface area contributed by atoms with E-state index in [-0.39, 0.29) is 6.79 Å². The first-order chi connectivity index (χ1) is 8.49. The Labute approximate surface area is 106 Å². The van der Waals surface area contributed by atoms with E-state index < -0.39 is 11.4 Å². The highest BCUT2D eigenvalue weighted by Gasteiger charge is 2.37. The molecule has 1 aromatic carbocycles. The lowest BCUT2D eigenvalue weighted by Gasteiger charge is -2.26. The predicted octanol–water partition coefficient (Wildman–Crippen LogP) is 1.41. The van der Waals surface area contributed by atoms with Crippen molar-refractivity contribution in [3.05, 3.63) is 23.3 Å². The lowest BCUT2D eigenvalue weighted by molar-refractivity contribution is -0.143. The summed E-state index contributed by atoms with van der Waals surface area (Å²) in [7, 11) is 0. The van der Waals surface area contributed by atoms with E-state index in [2.05, 4.69) is 0 Å². The summed E-state index contributed by atoms with van der Waals surface area (Å²) in [6.07, 6.45) is 0.378. The fourth-order valence-corrected chi connectivity index (χ4v) is 2.28. The summed E-state index contributed by atoms with van der Waals surface area (Å²) in [4.78, 5) is 11.5. The number of carbonyl (C=O) groups is 1. The van der Waals surface area contributed by atoms with Gasteiger partial charge in [-0.15, -0.1) is 0 Å². The van der Waals surface area contributed by atoms with Crippen molar-refractivity contribution >= 4 is 5.97 Å². The van der Waals surface area contributed by atoms with Crippen molar-refractivity contribution in [1.82, 2.24) is 0 Å². The van der Waals surface area contributed by atoms with E-state index in [1.165, 1.54) is 0 Å². The van der Waals surface area contributed by atoms with Crippen molar-refractivity contribution in [2.45, 2.75) is 25.7 Å². The molecule has 1 aromatic rings. The molecule has 1 aliphatic heterocycles. The summed E-state index contributed by atoms with van der Waals surface area (Å²) in [5.74, 6) is 0.381. The van der Waals surface area contributed by atoms with Gasteiger partial charge in [0, 0.05) is 0 Å². The zero-order valence-electron chi connectivity index (χ0n) is 10.5. The van der Waals surface area contributed by atoms with Crippen LogP contribution in [0.25, 0.3) is 0 Å². The number of fused-ring (bicyclic) bond motifs is 1. The molecule has 0 radical (unpaired) electrons. The molecule has 18 heavy (non-hydrogen) atoms. The predicted molar refractivity (Wildman–Crippen MR) is 66.0 cm³/mol. The number of hydrogen-bond donors (Lipinski definition) is 2. The quantitative estimate of drug-likeness (QED) is 0.845. The summed E-state index contributed by atoms with van der Waals surface area (Å²) in [5.41, 5.74) is 6.13. The van der Waals surface area contributed by atoms with Crippen molar-refractivity contribution < 1.29 is 19.4 Å². The second-order valence-electron chi connectivity index (χ2n) is 4.70. The van der Waals surface area contributed by atoms with Crippen LogP contribution in [0.15, 0.2) is 12.1 Å². The lowest BCUT2D eigenvalue weighted by Crippen LogP contribution is -2.35. The van der Waals surface area contributed by atoms with Crippen LogP contribution in [0.1, 0.15) is 24.5 Å². The van der Waals surface area contributed by atoms with Gasteiger partial charge in [-0.1, -0.05) is 0 Å². The van der Waals surface area contributed by atoms with E-state index in [4.69, 9.17) is 15.2 Å². The lowest BCUT2D eigenvalue weighted by atomic mass is 9.77. The molecule has 1 aliphatic rings. The minimum Gasteiger partial charge on any atom is -0.481 e. The average molecular weight is 251 g/mol. The number of aryl methyl sites for hydroxylation is 1. The molecule has 0 spiro atoms. The smallest absolute Gasteiger partial charge is 0.313 e. The highest BCUT2D eigenvalue weighted by atomic mass is 16.7. The third kappa shape index (κ3) is 1.90. The minimum absolute atomic E-state index is 0.179. The summed E-state index contributed by atoms with van der Waals surface area (Å²) in [6, 6.07) is 3.57. The molecule has 0 amide bonds. The van der Waals surface area contributed by atoms with E-state index >= 15 is 0 Å². The van der Waals surface area contributed by atoms with Crippen molar-refractivity contribution in [2.24, 2.45) is 5.73 Å². The van der Waals surface area contributed by atoms with Crippen LogP contribution in [0.3, 0.4) is 0 Å². The van der Waals surface area contributed by atoms with E-state index in [0.717, 1.165) is 11.1 Å². The molecular formula is C13H17NO4. The summed E-state index contributed by atoms with van der Waals surface area (Å²) < 4.78 is 10.6. The third-order valence-corrected chi connectivity index (χ3v) is 3.43. The van der Waals surface area contributed by atoms with Crippen molar-refractivity contribution in [3.8, 4) is 11.5 Å². The zero-order chi connectivity index (χ0) is 13.3. The van der Waals surface area contributed by atoms with Gasteiger partial charge < -0.3 is 20.3 Å². The molecule has 0 fully saturated rings. The Bertz CT molecular complexity index is 486. The highest BCUT2D eigenvalue weighted by Crippen LogP contribution is 2.40. The number of carboxylic acid groups (broad SMARTS) is 1. The van der Waals surface area contributed by atoms with E-state index in [1.54, 1.807) is 13.0 Å². The summed E-state index contributed by atoms with van der Waals surface area (Å²) in [6.45, 7) is 4.05. The van der Waals surface area contributed by atoms with E-state index in [9.17, 15) is 9.90 Å². The Hall–Kier alpha value is -1.75. The molecule has 0 aromatic heterocycles. The van der Waals surface area contributed by atoms with Crippen molar-refractivity contribution in [1.29, 1.82) is 0 Å². The maximum Gasteiger partial charge on any atom is 0.313 e. The molecule has 3 N–H and O–H groups in total. The number of carboxylic acids is 1. The van der Waals surface area contributed by atoms with Crippen LogP contribution in [-0.2, 0) is 10.2 Å². The van der Waals surface area contributed by atoms with Crippen LogP contribution in [0.4, 0.5) is 0 Å². The zero-order valence-corrected chi connectivity index (χ0v) is 10.5. The Morgan fingerprint density at radius 2 is 2.06 bits per heavy atom. The van der Waals surface area contributed by atoms with Gasteiger partial charge in [0.15, 0.2) is 11.5 Å². The second-order valence-corrected chi connectivity index (χ2v) is 4.70. The molecule has 0 saturated carbocycles. The number of benzene rings is 1. The normalized spacial score (nSPS) is 16.4. The molecule has 1 atom stereocenters. The fraction of sp³-hybridized carbons (Fsp3) is 0.462. The monoisotopic (exact) mass is 251 g/mol. The van der Waals surface area contributed by atoms with Crippen molar-refractivity contribution in [2.75, 3.05) is 13.3 Å². The van der Waals surface area contributed by atoms with Crippen LogP contribution < -0.4 is 15.2 Å². The van der Waals surface area contributed by atoms with Gasteiger partial charge in [-0.25, -0.2) is 0 Å². The molecule has 1 heterocycles. The average Bonchev–Trinajstić information content (AvgIpc) is 2.74. The van der Waals surface area contributed by atoms with Crippen LogP contribution >= 0.6 is 0 Å². The molecule has 5 heteroatoms. The Kier molecular flexibility index (Phi) is 3.17. The molecule has 2 rings (SSSR count). The highest BCUT2D eigenvalue weighted by molar-refractivity contribution is 5.82. The van der Waals surface area contributed by atoms with Gasteiger partial charge in [0.05, 0.1) is 5.41 Å². The van der Waals surface area contributed by atoms with Gasteiger partial charge in [0.2, 0.25) is 6.79 Å². The van der Waals surface area contributed by atoms with Gasteiger partial charge in [-0.05, 0) is 50.1 Å². The van der Waals surface area contributed by atoms with Gasteiger partial charge in [-0.3, -0.25) is 4.79 Å². The van der Waals surface area contributed by atoms with Crippen LogP contribution in [-0.4, -0.2) is 24.4 Å². The van der Waals surface area contributed by atoms with Crippen molar-refractivity contribution in [3.63, 3.8) is 0 Å². The Morgan fingerprint density at radius 3 is 2.61 bits per heavy atom. The van der Waals surface area contributed by atoms with Gasteiger partial charge >= 0.3 is 5.97 Å². The second kappa shape index (κ2) is 4.49. The number of aliphatic carboxylic acids is 1.